The lowest BCUT2D eigenvalue weighted by Crippen LogP contribution is -2.55. The Morgan fingerprint density at radius 2 is 2.17 bits per heavy atom. The third-order valence-corrected chi connectivity index (χ3v) is 3.71. The molecule has 0 aromatic heterocycles. The molecule has 1 saturated heterocycles. The molecule has 2 unspecified atom stereocenters. The molecule has 1 aromatic carbocycles. The summed E-state index contributed by atoms with van der Waals surface area (Å²) in [6.45, 7) is 8.43. The monoisotopic (exact) mass is 243 g/mol. The number of rotatable bonds is 2. The second kappa shape index (κ2) is 5.41. The first kappa shape index (κ1) is 12.9. The van der Waals surface area contributed by atoms with E-state index in [0.717, 1.165) is 13.1 Å². The number of benzene rings is 1. The molecule has 0 bridgehead atoms. The van der Waals surface area contributed by atoms with Gasteiger partial charge in [0.15, 0.2) is 0 Å². The summed E-state index contributed by atoms with van der Waals surface area (Å²) >= 11 is 0. The van der Waals surface area contributed by atoms with Crippen LogP contribution in [-0.2, 0) is 0 Å². The maximum atomic E-state index is 8.85. The molecule has 1 aliphatic heterocycles. The average Bonchev–Trinajstić information content (AvgIpc) is 2.32. The molecule has 0 amide bonds. The minimum absolute atomic E-state index is 0.277. The van der Waals surface area contributed by atoms with Crippen molar-refractivity contribution < 1.29 is 0 Å². The van der Waals surface area contributed by atoms with Gasteiger partial charge in [0.1, 0.15) is 0 Å². The van der Waals surface area contributed by atoms with Crippen LogP contribution in [0.2, 0.25) is 0 Å². The molecule has 1 fully saturated rings. The van der Waals surface area contributed by atoms with Crippen molar-refractivity contribution in [2.75, 3.05) is 18.0 Å². The molecular weight excluding hydrogens is 222 g/mol. The third-order valence-electron chi connectivity index (χ3n) is 3.71. The number of nitrogens with one attached hydrogen (secondary N) is 1. The van der Waals surface area contributed by atoms with Crippen LogP contribution in [0.5, 0.6) is 0 Å². The Labute approximate surface area is 109 Å². The molecular formula is C15H21N3. The van der Waals surface area contributed by atoms with Crippen LogP contribution in [0.25, 0.3) is 0 Å². The molecule has 18 heavy (non-hydrogen) atoms. The van der Waals surface area contributed by atoms with Gasteiger partial charge in [0, 0.05) is 30.9 Å². The third kappa shape index (κ3) is 2.65. The van der Waals surface area contributed by atoms with E-state index in [-0.39, 0.29) is 6.04 Å². The van der Waals surface area contributed by atoms with Crippen LogP contribution < -0.4 is 10.2 Å². The maximum Gasteiger partial charge on any atom is 0.0638 e. The summed E-state index contributed by atoms with van der Waals surface area (Å²) in [5.74, 6) is 0. The zero-order valence-electron chi connectivity index (χ0n) is 11.4. The van der Waals surface area contributed by atoms with Gasteiger partial charge in [-0.3, -0.25) is 0 Å². The van der Waals surface area contributed by atoms with Crippen molar-refractivity contribution in [2.24, 2.45) is 0 Å². The molecule has 1 N–H and O–H groups in total. The van der Waals surface area contributed by atoms with Gasteiger partial charge in [0.05, 0.1) is 12.5 Å². The minimum Gasteiger partial charge on any atom is -0.368 e. The molecule has 2 rings (SSSR count). The summed E-state index contributed by atoms with van der Waals surface area (Å²) in [7, 11) is 0. The van der Waals surface area contributed by atoms with Gasteiger partial charge in [-0.1, -0.05) is 12.1 Å². The first-order valence-electron chi connectivity index (χ1n) is 6.56. The Bertz CT molecular complexity index is 461. The van der Waals surface area contributed by atoms with Crippen molar-refractivity contribution in [1.29, 1.82) is 5.26 Å². The van der Waals surface area contributed by atoms with Gasteiger partial charge in [-0.25, -0.2) is 0 Å². The van der Waals surface area contributed by atoms with E-state index in [9.17, 15) is 0 Å². The number of nitriles is 1. The molecule has 3 heteroatoms. The maximum absolute atomic E-state index is 8.85. The number of anilines is 1. The van der Waals surface area contributed by atoms with Crippen LogP contribution in [-0.4, -0.2) is 25.2 Å². The van der Waals surface area contributed by atoms with Crippen molar-refractivity contribution in [3.63, 3.8) is 0 Å². The van der Waals surface area contributed by atoms with Crippen LogP contribution in [0, 0.1) is 25.2 Å². The summed E-state index contributed by atoms with van der Waals surface area (Å²) in [5.41, 5.74) is 3.99. The fourth-order valence-electron chi connectivity index (χ4n) is 2.69. The van der Waals surface area contributed by atoms with Crippen LogP contribution in [0.15, 0.2) is 18.2 Å². The van der Waals surface area contributed by atoms with E-state index in [1.54, 1.807) is 0 Å². The molecule has 1 aliphatic rings. The summed E-state index contributed by atoms with van der Waals surface area (Å²) in [6, 6.07) is 9.42. The van der Waals surface area contributed by atoms with Gasteiger partial charge in [0.25, 0.3) is 0 Å². The van der Waals surface area contributed by atoms with Crippen LogP contribution in [0.3, 0.4) is 0 Å². The molecule has 96 valence electrons. The number of hydrogen-bond acceptors (Lipinski definition) is 3. The Morgan fingerprint density at radius 1 is 1.39 bits per heavy atom. The highest BCUT2D eigenvalue weighted by molar-refractivity contribution is 5.56. The Morgan fingerprint density at radius 3 is 2.89 bits per heavy atom. The lowest BCUT2D eigenvalue weighted by atomic mass is 10.0. The molecule has 0 spiro atoms. The predicted octanol–water partition coefficient (Wildman–Crippen LogP) is 2.38. The molecule has 3 nitrogen and oxygen atoms in total. The van der Waals surface area contributed by atoms with E-state index >= 15 is 0 Å². The summed E-state index contributed by atoms with van der Waals surface area (Å²) in [6.07, 6.45) is 0.575. The molecule has 0 saturated carbocycles. The summed E-state index contributed by atoms with van der Waals surface area (Å²) < 4.78 is 0. The van der Waals surface area contributed by atoms with Crippen molar-refractivity contribution in [3.8, 4) is 6.07 Å². The second-order valence-corrected chi connectivity index (χ2v) is 5.25. The zero-order chi connectivity index (χ0) is 13.1. The Kier molecular flexibility index (Phi) is 3.88. The van der Waals surface area contributed by atoms with Gasteiger partial charge < -0.3 is 10.2 Å². The fourth-order valence-corrected chi connectivity index (χ4v) is 2.69. The molecule has 2 atom stereocenters. The van der Waals surface area contributed by atoms with Gasteiger partial charge in [-0.05, 0) is 38.0 Å². The molecule has 0 radical (unpaired) electrons. The van der Waals surface area contributed by atoms with Crippen molar-refractivity contribution in [3.05, 3.63) is 29.3 Å². The van der Waals surface area contributed by atoms with Crippen molar-refractivity contribution >= 4 is 5.69 Å². The molecule has 1 aromatic rings. The van der Waals surface area contributed by atoms with Crippen LogP contribution >= 0.6 is 0 Å². The van der Waals surface area contributed by atoms with E-state index in [0.29, 0.717) is 12.5 Å². The van der Waals surface area contributed by atoms with E-state index < -0.39 is 0 Å². The van der Waals surface area contributed by atoms with Crippen LogP contribution in [0.1, 0.15) is 24.5 Å². The van der Waals surface area contributed by atoms with E-state index in [1.807, 2.05) is 0 Å². The topological polar surface area (TPSA) is 39.1 Å². The predicted molar refractivity (Wildman–Crippen MR) is 74.7 cm³/mol. The highest BCUT2D eigenvalue weighted by atomic mass is 15.2. The lowest BCUT2D eigenvalue weighted by molar-refractivity contribution is 0.391. The quantitative estimate of drug-likeness (QED) is 0.867. The zero-order valence-corrected chi connectivity index (χ0v) is 11.4. The largest absolute Gasteiger partial charge is 0.368 e. The minimum atomic E-state index is 0.277. The normalized spacial score (nSPS) is 23.8. The van der Waals surface area contributed by atoms with Crippen LogP contribution in [0.4, 0.5) is 5.69 Å². The highest BCUT2D eigenvalue weighted by Crippen LogP contribution is 2.24. The van der Waals surface area contributed by atoms with Gasteiger partial charge in [-0.2, -0.15) is 5.26 Å². The first-order chi connectivity index (χ1) is 8.61. The number of hydrogen-bond donors (Lipinski definition) is 1. The number of piperazine rings is 1. The standard InChI is InChI=1S/C15H21N3/c1-11-5-4-6-15(13(11)3)18-9-12(2)17-14(10-18)7-8-16/h4-6,12,14,17H,7,9-10H2,1-3H3. The summed E-state index contributed by atoms with van der Waals surface area (Å²) in [4.78, 5) is 2.41. The summed E-state index contributed by atoms with van der Waals surface area (Å²) in [5, 5.41) is 12.3. The van der Waals surface area contributed by atoms with Crippen molar-refractivity contribution in [2.45, 2.75) is 39.3 Å². The fraction of sp³-hybridized carbons (Fsp3) is 0.533. The number of nitrogens with zero attached hydrogens (tertiary/aromatic N) is 2. The second-order valence-electron chi connectivity index (χ2n) is 5.25. The van der Waals surface area contributed by atoms with E-state index in [4.69, 9.17) is 5.26 Å². The Balaban J connectivity index is 2.22. The molecule has 0 aliphatic carbocycles. The number of aryl methyl sites for hydroxylation is 1. The SMILES string of the molecule is Cc1cccc(N2CC(C)NC(CC#N)C2)c1C. The Hall–Kier alpha value is -1.53. The smallest absolute Gasteiger partial charge is 0.0638 e. The highest BCUT2D eigenvalue weighted by Gasteiger charge is 2.24. The van der Waals surface area contributed by atoms with Gasteiger partial charge in [0.2, 0.25) is 0 Å². The average molecular weight is 243 g/mol. The van der Waals surface area contributed by atoms with E-state index in [2.05, 4.69) is 55.3 Å². The lowest BCUT2D eigenvalue weighted by Gasteiger charge is -2.39. The van der Waals surface area contributed by atoms with Crippen molar-refractivity contribution in [1.82, 2.24) is 5.32 Å². The van der Waals surface area contributed by atoms with E-state index in [1.165, 1.54) is 16.8 Å². The molecule has 1 heterocycles. The van der Waals surface area contributed by atoms with Gasteiger partial charge in [-0.15, -0.1) is 0 Å². The first-order valence-corrected chi connectivity index (χ1v) is 6.56. The van der Waals surface area contributed by atoms with Gasteiger partial charge >= 0.3 is 0 Å².